The topological polar surface area (TPSA) is 34.0 Å². The smallest absolute Gasteiger partial charge is 0.142 e. The SMILES string of the molecule is Cc1cc2ccc(CCNCc3ccc(/C=C/C=O)cc3)cc2n1C. The molecule has 0 saturated carbocycles. The van der Waals surface area contributed by atoms with E-state index in [4.69, 9.17) is 0 Å². The molecule has 1 aromatic heterocycles. The van der Waals surface area contributed by atoms with Crippen molar-refractivity contribution in [2.45, 2.75) is 19.9 Å². The molecule has 0 bridgehead atoms. The minimum Gasteiger partial charge on any atom is -0.348 e. The van der Waals surface area contributed by atoms with Crippen molar-refractivity contribution in [1.29, 1.82) is 0 Å². The summed E-state index contributed by atoms with van der Waals surface area (Å²) in [6.45, 7) is 3.94. The zero-order chi connectivity index (χ0) is 17.6. The van der Waals surface area contributed by atoms with E-state index in [0.717, 1.165) is 31.4 Å². The van der Waals surface area contributed by atoms with Gasteiger partial charge in [0.2, 0.25) is 0 Å². The second kappa shape index (κ2) is 7.95. The Balaban J connectivity index is 1.52. The van der Waals surface area contributed by atoms with E-state index >= 15 is 0 Å². The van der Waals surface area contributed by atoms with Crippen LogP contribution in [-0.2, 0) is 24.8 Å². The first-order valence-corrected chi connectivity index (χ1v) is 8.64. The molecule has 0 unspecified atom stereocenters. The lowest BCUT2D eigenvalue weighted by molar-refractivity contribution is -0.104. The van der Waals surface area contributed by atoms with Crippen LogP contribution in [0.5, 0.6) is 0 Å². The summed E-state index contributed by atoms with van der Waals surface area (Å²) in [5.41, 5.74) is 6.24. The van der Waals surface area contributed by atoms with Gasteiger partial charge in [-0.1, -0.05) is 42.5 Å². The Morgan fingerprint density at radius 1 is 1.04 bits per heavy atom. The standard InChI is InChI=1S/C22H24N2O/c1-17-14-21-10-9-19(15-22(21)24(17)2)11-12-23-16-20-7-5-18(6-8-20)4-3-13-25/h3-10,13-15,23H,11-12,16H2,1-2H3/b4-3+. The molecule has 1 heterocycles. The normalized spacial score (nSPS) is 11.4. The quantitative estimate of drug-likeness (QED) is 0.403. The number of carbonyl (C=O) groups is 1. The van der Waals surface area contributed by atoms with Gasteiger partial charge in [0.25, 0.3) is 0 Å². The summed E-state index contributed by atoms with van der Waals surface area (Å²) in [5, 5.41) is 4.81. The summed E-state index contributed by atoms with van der Waals surface area (Å²) < 4.78 is 2.24. The zero-order valence-electron chi connectivity index (χ0n) is 14.8. The second-order valence-corrected chi connectivity index (χ2v) is 6.40. The van der Waals surface area contributed by atoms with Crippen LogP contribution in [0.3, 0.4) is 0 Å². The lowest BCUT2D eigenvalue weighted by Gasteiger charge is -2.07. The predicted octanol–water partition coefficient (Wildman–Crippen LogP) is 4.03. The molecule has 0 fully saturated rings. The number of aromatic nitrogens is 1. The van der Waals surface area contributed by atoms with E-state index in [-0.39, 0.29) is 0 Å². The van der Waals surface area contributed by atoms with E-state index < -0.39 is 0 Å². The van der Waals surface area contributed by atoms with Crippen LogP contribution in [0.2, 0.25) is 0 Å². The number of aldehydes is 1. The molecule has 0 aliphatic heterocycles. The van der Waals surface area contributed by atoms with Gasteiger partial charge in [0.15, 0.2) is 0 Å². The number of nitrogens with one attached hydrogen (secondary N) is 1. The number of carbonyl (C=O) groups excluding carboxylic acids is 1. The van der Waals surface area contributed by atoms with E-state index in [1.807, 2.05) is 18.2 Å². The fourth-order valence-corrected chi connectivity index (χ4v) is 3.03. The fourth-order valence-electron chi connectivity index (χ4n) is 3.03. The predicted molar refractivity (Wildman–Crippen MR) is 105 cm³/mol. The van der Waals surface area contributed by atoms with Crippen LogP contribution in [0.15, 0.2) is 54.6 Å². The van der Waals surface area contributed by atoms with Crippen molar-refractivity contribution in [2.75, 3.05) is 6.54 Å². The molecule has 25 heavy (non-hydrogen) atoms. The zero-order valence-corrected chi connectivity index (χ0v) is 14.8. The number of hydrogen-bond acceptors (Lipinski definition) is 2. The number of benzene rings is 2. The van der Waals surface area contributed by atoms with Crippen LogP contribution < -0.4 is 5.32 Å². The summed E-state index contributed by atoms with van der Waals surface area (Å²) in [6.07, 6.45) is 5.13. The Labute approximate surface area is 149 Å². The van der Waals surface area contributed by atoms with Gasteiger partial charge in [-0.3, -0.25) is 4.79 Å². The Morgan fingerprint density at radius 2 is 1.80 bits per heavy atom. The summed E-state index contributed by atoms with van der Waals surface area (Å²) in [5.74, 6) is 0. The van der Waals surface area contributed by atoms with E-state index in [9.17, 15) is 4.79 Å². The van der Waals surface area contributed by atoms with Gasteiger partial charge in [-0.25, -0.2) is 0 Å². The summed E-state index contributed by atoms with van der Waals surface area (Å²) in [4.78, 5) is 10.3. The van der Waals surface area contributed by atoms with Gasteiger partial charge < -0.3 is 9.88 Å². The molecule has 0 saturated heterocycles. The summed E-state index contributed by atoms with van der Waals surface area (Å²) in [6, 6.07) is 17.2. The van der Waals surface area contributed by atoms with Crippen molar-refractivity contribution in [3.05, 3.63) is 77.0 Å². The Morgan fingerprint density at radius 3 is 2.56 bits per heavy atom. The van der Waals surface area contributed by atoms with Crippen LogP contribution in [0.1, 0.15) is 22.4 Å². The molecule has 1 N–H and O–H groups in total. The lowest BCUT2D eigenvalue weighted by Crippen LogP contribution is -2.16. The van der Waals surface area contributed by atoms with Gasteiger partial charge in [-0.15, -0.1) is 0 Å². The molecule has 0 spiro atoms. The molecule has 2 aromatic carbocycles. The molecular formula is C22H24N2O. The molecule has 3 rings (SSSR count). The first-order valence-electron chi connectivity index (χ1n) is 8.64. The first kappa shape index (κ1) is 17.2. The van der Waals surface area contributed by atoms with Gasteiger partial charge in [-0.05, 0) is 60.2 Å². The van der Waals surface area contributed by atoms with E-state index in [1.165, 1.54) is 33.8 Å². The van der Waals surface area contributed by atoms with Crippen LogP contribution in [0.25, 0.3) is 17.0 Å². The molecule has 0 aliphatic rings. The molecule has 3 aromatic rings. The third kappa shape index (κ3) is 4.25. The summed E-state index contributed by atoms with van der Waals surface area (Å²) in [7, 11) is 2.12. The van der Waals surface area contributed by atoms with E-state index in [1.54, 1.807) is 0 Å². The Hall–Kier alpha value is -2.65. The van der Waals surface area contributed by atoms with Crippen molar-refractivity contribution in [3.8, 4) is 0 Å². The Bertz CT molecular complexity index is 888. The van der Waals surface area contributed by atoms with Crippen molar-refractivity contribution in [3.63, 3.8) is 0 Å². The second-order valence-electron chi connectivity index (χ2n) is 6.40. The van der Waals surface area contributed by atoms with Gasteiger partial charge in [0, 0.05) is 24.8 Å². The van der Waals surface area contributed by atoms with Crippen LogP contribution in [0, 0.1) is 6.92 Å². The maximum atomic E-state index is 10.3. The Kier molecular flexibility index (Phi) is 5.46. The third-order valence-corrected chi connectivity index (χ3v) is 4.62. The third-order valence-electron chi connectivity index (χ3n) is 4.62. The molecule has 0 amide bonds. The van der Waals surface area contributed by atoms with Crippen molar-refractivity contribution in [2.24, 2.45) is 7.05 Å². The highest BCUT2D eigenvalue weighted by Gasteiger charge is 2.03. The molecular weight excluding hydrogens is 308 g/mol. The van der Waals surface area contributed by atoms with Crippen molar-refractivity contribution >= 4 is 23.3 Å². The fraction of sp³-hybridized carbons (Fsp3) is 0.227. The highest BCUT2D eigenvalue weighted by Crippen LogP contribution is 2.19. The van der Waals surface area contributed by atoms with Gasteiger partial charge >= 0.3 is 0 Å². The number of allylic oxidation sites excluding steroid dienone is 1. The largest absolute Gasteiger partial charge is 0.348 e. The van der Waals surface area contributed by atoms with Crippen LogP contribution in [0.4, 0.5) is 0 Å². The van der Waals surface area contributed by atoms with Gasteiger partial charge in [-0.2, -0.15) is 0 Å². The van der Waals surface area contributed by atoms with Crippen LogP contribution >= 0.6 is 0 Å². The minimum atomic E-state index is 0.795. The monoisotopic (exact) mass is 332 g/mol. The van der Waals surface area contributed by atoms with E-state index in [0.29, 0.717) is 0 Å². The highest BCUT2D eigenvalue weighted by molar-refractivity contribution is 5.82. The maximum absolute atomic E-state index is 10.3. The molecule has 0 atom stereocenters. The van der Waals surface area contributed by atoms with Gasteiger partial charge in [0.05, 0.1) is 0 Å². The molecule has 3 heteroatoms. The number of nitrogens with zero attached hydrogens (tertiary/aromatic N) is 1. The van der Waals surface area contributed by atoms with Crippen molar-refractivity contribution in [1.82, 2.24) is 9.88 Å². The van der Waals surface area contributed by atoms with Gasteiger partial charge in [0.1, 0.15) is 6.29 Å². The van der Waals surface area contributed by atoms with Crippen molar-refractivity contribution < 1.29 is 4.79 Å². The average molecular weight is 332 g/mol. The molecule has 0 aliphatic carbocycles. The first-order chi connectivity index (χ1) is 12.2. The maximum Gasteiger partial charge on any atom is 0.142 e. The average Bonchev–Trinajstić information content (AvgIpc) is 2.92. The molecule has 128 valence electrons. The highest BCUT2D eigenvalue weighted by atomic mass is 16.1. The number of rotatable bonds is 7. The molecule has 0 radical (unpaired) electrons. The number of hydrogen-bond donors (Lipinski definition) is 1. The summed E-state index contributed by atoms with van der Waals surface area (Å²) >= 11 is 0. The molecule has 3 nitrogen and oxygen atoms in total. The van der Waals surface area contributed by atoms with Crippen LogP contribution in [-0.4, -0.2) is 17.4 Å². The minimum absolute atomic E-state index is 0.795. The number of fused-ring (bicyclic) bond motifs is 1. The lowest BCUT2D eigenvalue weighted by atomic mass is 10.1. The number of aryl methyl sites for hydroxylation is 2. The van der Waals surface area contributed by atoms with E-state index in [2.05, 4.69) is 60.3 Å².